The number of pyridine rings is 1. The average Bonchev–Trinajstić information content (AvgIpc) is 3.54. The number of nitrogens with zero attached hydrogens (tertiary/aromatic N) is 1. The molecule has 2 aromatic carbocycles. The van der Waals surface area contributed by atoms with Crippen molar-refractivity contribution in [1.29, 1.82) is 0 Å². The van der Waals surface area contributed by atoms with E-state index in [0.29, 0.717) is 10.9 Å². The summed E-state index contributed by atoms with van der Waals surface area (Å²) in [5.74, 6) is -0.114. The molecule has 0 spiro atoms. The van der Waals surface area contributed by atoms with Crippen molar-refractivity contribution in [2.24, 2.45) is 0 Å². The molecule has 2 N–H and O–H groups in total. The molecule has 5 nitrogen and oxygen atoms in total. The minimum Gasteiger partial charge on any atom is -0.356 e. The highest BCUT2D eigenvalue weighted by Gasteiger charge is 2.29. The third-order valence-corrected chi connectivity index (χ3v) is 6.56. The molecule has 150 valence electrons. The fraction of sp³-hybridized carbons (Fsp3) is 0.280. The Bertz CT molecular complexity index is 1360. The van der Waals surface area contributed by atoms with Gasteiger partial charge in [-0.1, -0.05) is 36.4 Å². The molecule has 1 amide bonds. The molecule has 0 saturated heterocycles. The second-order valence-electron chi connectivity index (χ2n) is 8.51. The Morgan fingerprint density at radius 3 is 2.50 bits per heavy atom. The number of rotatable bonds is 3. The van der Waals surface area contributed by atoms with Crippen molar-refractivity contribution in [3.05, 3.63) is 81.9 Å². The number of carbonyl (C=O) groups is 1. The minimum atomic E-state index is -0.114. The lowest BCUT2D eigenvalue weighted by Gasteiger charge is -2.24. The molecule has 2 heterocycles. The van der Waals surface area contributed by atoms with E-state index in [1.807, 2.05) is 30.3 Å². The summed E-state index contributed by atoms with van der Waals surface area (Å²) < 4.78 is 1.76. The molecule has 4 aromatic rings. The Morgan fingerprint density at radius 1 is 0.967 bits per heavy atom. The molecule has 5 heteroatoms. The van der Waals surface area contributed by atoms with E-state index in [0.717, 1.165) is 48.7 Å². The number of hydrogen-bond acceptors (Lipinski definition) is 2. The Kier molecular flexibility index (Phi) is 3.85. The first kappa shape index (κ1) is 17.5. The smallest absolute Gasteiger partial charge is 0.258 e. The van der Waals surface area contributed by atoms with Crippen LogP contribution in [0.2, 0.25) is 0 Å². The highest BCUT2D eigenvalue weighted by atomic mass is 16.2. The molecule has 0 bridgehead atoms. The SMILES string of the molecule is O=C(N[C@@H]1CCCc2c1[nH]c1ccccc21)c1cn(C2CC2)c(=O)c2ccccc12. The van der Waals surface area contributed by atoms with E-state index >= 15 is 0 Å². The Hall–Kier alpha value is -3.34. The van der Waals surface area contributed by atoms with Crippen LogP contribution in [0, 0.1) is 0 Å². The van der Waals surface area contributed by atoms with Crippen LogP contribution in [0.15, 0.2) is 59.5 Å². The van der Waals surface area contributed by atoms with Gasteiger partial charge in [-0.25, -0.2) is 0 Å². The molecule has 0 radical (unpaired) electrons. The summed E-state index contributed by atoms with van der Waals surface area (Å²) in [5.41, 5.74) is 4.14. The Labute approximate surface area is 173 Å². The summed E-state index contributed by atoms with van der Waals surface area (Å²) in [7, 11) is 0. The Morgan fingerprint density at radius 2 is 1.70 bits per heavy atom. The molecule has 30 heavy (non-hydrogen) atoms. The molecule has 2 aliphatic carbocycles. The number of carbonyl (C=O) groups excluding carboxylic acids is 1. The first-order valence-electron chi connectivity index (χ1n) is 10.7. The van der Waals surface area contributed by atoms with Crippen molar-refractivity contribution in [2.75, 3.05) is 0 Å². The van der Waals surface area contributed by atoms with Gasteiger partial charge in [0.1, 0.15) is 0 Å². The van der Waals surface area contributed by atoms with Crippen LogP contribution in [0.25, 0.3) is 21.7 Å². The molecule has 1 atom stereocenters. The number of amides is 1. The zero-order valence-corrected chi connectivity index (χ0v) is 16.7. The molecule has 2 aliphatic rings. The predicted octanol–water partition coefficient (Wildman–Crippen LogP) is 4.63. The second-order valence-corrected chi connectivity index (χ2v) is 8.51. The van der Waals surface area contributed by atoms with E-state index in [1.165, 1.54) is 10.9 Å². The highest BCUT2D eigenvalue weighted by Crippen LogP contribution is 2.36. The van der Waals surface area contributed by atoms with Gasteiger partial charge in [-0.2, -0.15) is 0 Å². The molecular formula is C25H23N3O2. The van der Waals surface area contributed by atoms with Crippen LogP contribution in [0.3, 0.4) is 0 Å². The van der Waals surface area contributed by atoms with Gasteiger partial charge in [0.2, 0.25) is 0 Å². The predicted molar refractivity (Wildman–Crippen MR) is 118 cm³/mol. The minimum absolute atomic E-state index is 0.000204. The van der Waals surface area contributed by atoms with Crippen LogP contribution in [-0.4, -0.2) is 15.5 Å². The van der Waals surface area contributed by atoms with E-state index < -0.39 is 0 Å². The van der Waals surface area contributed by atoms with Gasteiger partial charge < -0.3 is 14.9 Å². The third-order valence-electron chi connectivity index (χ3n) is 6.56. The van der Waals surface area contributed by atoms with Gasteiger partial charge in [0.05, 0.1) is 11.6 Å². The normalized spacial score (nSPS) is 18.5. The first-order valence-corrected chi connectivity index (χ1v) is 10.7. The van der Waals surface area contributed by atoms with E-state index in [2.05, 4.69) is 28.5 Å². The maximum Gasteiger partial charge on any atom is 0.258 e. The molecule has 2 aromatic heterocycles. The zero-order chi connectivity index (χ0) is 20.2. The van der Waals surface area contributed by atoms with Gasteiger partial charge in [-0.15, -0.1) is 0 Å². The van der Waals surface area contributed by atoms with Crippen LogP contribution in [0.5, 0.6) is 0 Å². The van der Waals surface area contributed by atoms with Crippen molar-refractivity contribution in [2.45, 2.75) is 44.2 Å². The monoisotopic (exact) mass is 397 g/mol. The molecule has 6 rings (SSSR count). The van der Waals surface area contributed by atoms with Gasteiger partial charge in [-0.3, -0.25) is 9.59 Å². The lowest BCUT2D eigenvalue weighted by atomic mass is 9.91. The fourth-order valence-corrected chi connectivity index (χ4v) is 4.91. The number of para-hydroxylation sites is 1. The topological polar surface area (TPSA) is 66.9 Å². The average molecular weight is 397 g/mol. The number of aryl methyl sites for hydroxylation is 1. The molecule has 0 aliphatic heterocycles. The largest absolute Gasteiger partial charge is 0.356 e. The van der Waals surface area contributed by atoms with Crippen molar-refractivity contribution >= 4 is 27.6 Å². The number of benzene rings is 2. The Balaban J connectivity index is 1.41. The van der Waals surface area contributed by atoms with E-state index in [1.54, 1.807) is 10.8 Å². The maximum atomic E-state index is 13.4. The number of hydrogen-bond donors (Lipinski definition) is 2. The number of aromatic amines is 1. The van der Waals surface area contributed by atoms with Crippen molar-refractivity contribution in [3.63, 3.8) is 0 Å². The number of nitrogens with one attached hydrogen (secondary N) is 2. The maximum absolute atomic E-state index is 13.4. The zero-order valence-electron chi connectivity index (χ0n) is 16.7. The fourth-order valence-electron chi connectivity index (χ4n) is 4.91. The van der Waals surface area contributed by atoms with Gasteiger partial charge in [0.25, 0.3) is 11.5 Å². The van der Waals surface area contributed by atoms with Gasteiger partial charge in [0.15, 0.2) is 0 Å². The van der Waals surface area contributed by atoms with Gasteiger partial charge in [-0.05, 0) is 49.8 Å². The summed E-state index contributed by atoms with van der Waals surface area (Å²) in [6, 6.07) is 16.0. The highest BCUT2D eigenvalue weighted by molar-refractivity contribution is 6.06. The lowest BCUT2D eigenvalue weighted by Crippen LogP contribution is -2.32. The lowest BCUT2D eigenvalue weighted by molar-refractivity contribution is 0.0933. The van der Waals surface area contributed by atoms with E-state index in [9.17, 15) is 9.59 Å². The number of aromatic nitrogens is 2. The van der Waals surface area contributed by atoms with Crippen molar-refractivity contribution in [1.82, 2.24) is 14.9 Å². The number of fused-ring (bicyclic) bond motifs is 4. The van der Waals surface area contributed by atoms with Crippen LogP contribution >= 0.6 is 0 Å². The van der Waals surface area contributed by atoms with Crippen molar-refractivity contribution in [3.8, 4) is 0 Å². The summed E-state index contributed by atoms with van der Waals surface area (Å²) in [6.45, 7) is 0. The van der Waals surface area contributed by atoms with E-state index in [4.69, 9.17) is 0 Å². The second kappa shape index (κ2) is 6.59. The van der Waals surface area contributed by atoms with Crippen molar-refractivity contribution < 1.29 is 4.79 Å². The third kappa shape index (κ3) is 2.69. The summed E-state index contributed by atoms with van der Waals surface area (Å²) in [5, 5.41) is 5.86. The molecule has 1 fully saturated rings. The summed E-state index contributed by atoms with van der Waals surface area (Å²) in [4.78, 5) is 29.8. The molecule has 0 unspecified atom stereocenters. The summed E-state index contributed by atoms with van der Waals surface area (Å²) in [6.07, 6.45) is 6.75. The summed E-state index contributed by atoms with van der Waals surface area (Å²) >= 11 is 0. The van der Waals surface area contributed by atoms with Gasteiger partial charge in [0, 0.05) is 39.6 Å². The van der Waals surface area contributed by atoms with E-state index in [-0.39, 0.29) is 23.6 Å². The van der Waals surface area contributed by atoms with Crippen LogP contribution in [-0.2, 0) is 6.42 Å². The van der Waals surface area contributed by atoms with Gasteiger partial charge >= 0.3 is 0 Å². The number of H-pyrrole nitrogens is 1. The molecule has 1 saturated carbocycles. The first-order chi connectivity index (χ1) is 14.7. The molecular weight excluding hydrogens is 374 g/mol. The van der Waals surface area contributed by atoms with Crippen LogP contribution in [0.4, 0.5) is 0 Å². The van der Waals surface area contributed by atoms with Crippen LogP contribution in [0.1, 0.15) is 59.4 Å². The quantitative estimate of drug-likeness (QED) is 0.529. The van der Waals surface area contributed by atoms with Crippen LogP contribution < -0.4 is 10.9 Å². The standard InChI is InChI=1S/C25H23N3O2/c29-24(20-14-28(15-12-13-15)25(30)19-8-2-1-6-16(19)20)27-22-11-5-9-18-17-7-3-4-10-21(17)26-23(18)22/h1-4,6-8,10,14-15,22,26H,5,9,11-13H2,(H,27,29)/t22-/m1/s1.